The highest BCUT2D eigenvalue weighted by Crippen LogP contribution is 2.30. The van der Waals surface area contributed by atoms with Gasteiger partial charge in [-0.2, -0.15) is 0 Å². The molecule has 2 rings (SSSR count). The molecule has 3 heteroatoms. The molecule has 2 aromatic rings. The molecule has 2 aromatic carbocycles. The van der Waals surface area contributed by atoms with E-state index in [0.29, 0.717) is 0 Å². The van der Waals surface area contributed by atoms with E-state index < -0.39 is 0 Å². The molecule has 0 aliphatic carbocycles. The van der Waals surface area contributed by atoms with Crippen molar-refractivity contribution in [1.82, 2.24) is 5.32 Å². The van der Waals surface area contributed by atoms with E-state index in [2.05, 4.69) is 46.4 Å². The van der Waals surface area contributed by atoms with Gasteiger partial charge in [0.2, 0.25) is 0 Å². The maximum Gasteiger partial charge on any atom is 0.131 e. The molecule has 0 aliphatic rings. The Kier molecular flexibility index (Phi) is 4.61. The van der Waals surface area contributed by atoms with Gasteiger partial charge >= 0.3 is 0 Å². The Morgan fingerprint density at radius 1 is 1.05 bits per heavy atom. The van der Waals surface area contributed by atoms with E-state index in [-0.39, 0.29) is 0 Å². The summed E-state index contributed by atoms with van der Waals surface area (Å²) >= 11 is 3.47. The molecule has 0 amide bonds. The highest BCUT2D eigenvalue weighted by molar-refractivity contribution is 9.10. The van der Waals surface area contributed by atoms with Crippen molar-refractivity contribution in [2.24, 2.45) is 0 Å². The maximum absolute atomic E-state index is 6.04. The van der Waals surface area contributed by atoms with E-state index >= 15 is 0 Å². The molecule has 0 saturated carbocycles. The minimum atomic E-state index is 0.798. The number of nitrogens with one attached hydrogen (secondary N) is 1. The largest absolute Gasteiger partial charge is 0.457 e. The van der Waals surface area contributed by atoms with Crippen molar-refractivity contribution in [3.8, 4) is 11.5 Å². The minimum absolute atomic E-state index is 0.798. The minimum Gasteiger partial charge on any atom is -0.457 e. The molecule has 0 aliphatic heterocycles. The van der Waals surface area contributed by atoms with Crippen LogP contribution in [0.4, 0.5) is 0 Å². The summed E-state index contributed by atoms with van der Waals surface area (Å²) in [5, 5.41) is 3.17. The van der Waals surface area contributed by atoms with Crippen molar-refractivity contribution in [3.05, 3.63) is 57.6 Å². The zero-order valence-electron chi connectivity index (χ0n) is 11.5. The van der Waals surface area contributed by atoms with Gasteiger partial charge in [0.1, 0.15) is 11.5 Å². The highest BCUT2D eigenvalue weighted by Gasteiger charge is 2.07. The molecule has 0 fully saturated rings. The second-order valence-electron chi connectivity index (χ2n) is 4.65. The summed E-state index contributed by atoms with van der Waals surface area (Å²) in [6.07, 6.45) is 0. The van der Waals surface area contributed by atoms with Crippen LogP contribution in [0.1, 0.15) is 16.7 Å². The lowest BCUT2D eigenvalue weighted by Crippen LogP contribution is -2.06. The third-order valence-corrected chi connectivity index (χ3v) is 3.43. The molecule has 0 heterocycles. The van der Waals surface area contributed by atoms with E-state index in [9.17, 15) is 0 Å². The third-order valence-electron chi connectivity index (χ3n) is 2.94. The first-order valence-electron chi connectivity index (χ1n) is 6.28. The monoisotopic (exact) mass is 319 g/mol. The zero-order chi connectivity index (χ0) is 13.8. The molecular weight excluding hydrogens is 302 g/mol. The van der Waals surface area contributed by atoms with Gasteiger partial charge in [0, 0.05) is 16.6 Å². The summed E-state index contributed by atoms with van der Waals surface area (Å²) in [6.45, 7) is 4.94. The van der Waals surface area contributed by atoms with E-state index in [1.807, 2.05) is 32.2 Å². The Labute approximate surface area is 122 Å². The normalized spacial score (nSPS) is 10.5. The number of halogens is 1. The fourth-order valence-electron chi connectivity index (χ4n) is 1.98. The Morgan fingerprint density at radius 2 is 1.79 bits per heavy atom. The topological polar surface area (TPSA) is 21.3 Å². The van der Waals surface area contributed by atoms with Crippen LogP contribution in [0.5, 0.6) is 11.5 Å². The average molecular weight is 320 g/mol. The Bertz CT molecular complexity index is 581. The molecule has 19 heavy (non-hydrogen) atoms. The van der Waals surface area contributed by atoms with E-state index in [1.165, 1.54) is 11.1 Å². The van der Waals surface area contributed by atoms with Crippen LogP contribution in [0, 0.1) is 13.8 Å². The fraction of sp³-hybridized carbons (Fsp3) is 0.250. The summed E-state index contributed by atoms with van der Waals surface area (Å²) in [7, 11) is 1.94. The van der Waals surface area contributed by atoms with Gasteiger partial charge in [-0.05, 0) is 50.7 Å². The van der Waals surface area contributed by atoms with Crippen molar-refractivity contribution in [1.29, 1.82) is 0 Å². The van der Waals surface area contributed by atoms with Crippen LogP contribution in [-0.2, 0) is 6.54 Å². The highest BCUT2D eigenvalue weighted by atomic mass is 79.9. The summed E-state index contributed by atoms with van der Waals surface area (Å²) < 4.78 is 7.11. The molecular formula is C16H18BrNO. The molecule has 0 spiro atoms. The number of hydrogen-bond donors (Lipinski definition) is 1. The smallest absolute Gasteiger partial charge is 0.131 e. The Morgan fingerprint density at radius 3 is 2.47 bits per heavy atom. The Hall–Kier alpha value is -1.32. The SMILES string of the molecule is CNCc1cc(C)ccc1Oc1ccc(Br)cc1C. The number of ether oxygens (including phenoxy) is 1. The second-order valence-corrected chi connectivity index (χ2v) is 5.57. The lowest BCUT2D eigenvalue weighted by molar-refractivity contribution is 0.470. The van der Waals surface area contributed by atoms with Crippen LogP contribution in [0.15, 0.2) is 40.9 Å². The first kappa shape index (κ1) is 14.1. The first-order chi connectivity index (χ1) is 9.10. The van der Waals surface area contributed by atoms with Crippen LogP contribution >= 0.6 is 15.9 Å². The molecule has 100 valence electrons. The quantitative estimate of drug-likeness (QED) is 0.890. The van der Waals surface area contributed by atoms with E-state index in [4.69, 9.17) is 4.74 Å². The molecule has 0 radical (unpaired) electrons. The zero-order valence-corrected chi connectivity index (χ0v) is 13.0. The number of aryl methyl sites for hydroxylation is 2. The van der Waals surface area contributed by atoms with Gasteiger partial charge in [-0.15, -0.1) is 0 Å². The van der Waals surface area contributed by atoms with Gasteiger partial charge in [-0.25, -0.2) is 0 Å². The Balaban J connectivity index is 2.32. The number of hydrogen-bond acceptors (Lipinski definition) is 2. The van der Waals surface area contributed by atoms with Crippen molar-refractivity contribution in [2.75, 3.05) is 7.05 Å². The summed E-state index contributed by atoms with van der Waals surface area (Å²) in [5.41, 5.74) is 3.53. The van der Waals surface area contributed by atoms with E-state index in [0.717, 1.165) is 28.1 Å². The molecule has 0 saturated heterocycles. The van der Waals surface area contributed by atoms with Gasteiger partial charge < -0.3 is 10.1 Å². The number of rotatable bonds is 4. The van der Waals surface area contributed by atoms with Crippen molar-refractivity contribution in [2.45, 2.75) is 20.4 Å². The summed E-state index contributed by atoms with van der Waals surface area (Å²) in [6, 6.07) is 12.3. The molecule has 0 aromatic heterocycles. The lowest BCUT2D eigenvalue weighted by atomic mass is 10.1. The van der Waals surface area contributed by atoms with Crippen molar-refractivity contribution < 1.29 is 4.74 Å². The van der Waals surface area contributed by atoms with Crippen LogP contribution in [0.25, 0.3) is 0 Å². The van der Waals surface area contributed by atoms with Crippen LogP contribution in [0.2, 0.25) is 0 Å². The standard InChI is InChI=1S/C16H18BrNO/c1-11-4-6-16(13(8-11)10-18-3)19-15-7-5-14(17)9-12(15)2/h4-9,18H,10H2,1-3H3. The molecule has 1 N–H and O–H groups in total. The van der Waals surface area contributed by atoms with Gasteiger partial charge in [-0.3, -0.25) is 0 Å². The number of benzene rings is 2. The lowest BCUT2D eigenvalue weighted by Gasteiger charge is -2.13. The third kappa shape index (κ3) is 3.58. The van der Waals surface area contributed by atoms with E-state index in [1.54, 1.807) is 0 Å². The molecule has 0 unspecified atom stereocenters. The van der Waals surface area contributed by atoms with Crippen LogP contribution < -0.4 is 10.1 Å². The predicted octanol–water partition coefficient (Wildman–Crippen LogP) is 4.58. The predicted molar refractivity (Wildman–Crippen MR) is 82.9 cm³/mol. The molecule has 2 nitrogen and oxygen atoms in total. The van der Waals surface area contributed by atoms with Crippen molar-refractivity contribution >= 4 is 15.9 Å². The van der Waals surface area contributed by atoms with Gasteiger partial charge in [-0.1, -0.05) is 33.6 Å². The van der Waals surface area contributed by atoms with Gasteiger partial charge in [0.05, 0.1) is 0 Å². The summed E-state index contributed by atoms with van der Waals surface area (Å²) in [4.78, 5) is 0. The van der Waals surface area contributed by atoms with Crippen molar-refractivity contribution in [3.63, 3.8) is 0 Å². The summed E-state index contributed by atoms with van der Waals surface area (Å²) in [5.74, 6) is 1.80. The average Bonchev–Trinajstić information content (AvgIpc) is 2.36. The van der Waals surface area contributed by atoms with Gasteiger partial charge in [0.15, 0.2) is 0 Å². The van der Waals surface area contributed by atoms with Gasteiger partial charge in [0.25, 0.3) is 0 Å². The second kappa shape index (κ2) is 6.22. The maximum atomic E-state index is 6.04. The first-order valence-corrected chi connectivity index (χ1v) is 7.07. The molecule has 0 bridgehead atoms. The van der Waals surface area contributed by atoms with Crippen LogP contribution in [-0.4, -0.2) is 7.05 Å². The van der Waals surface area contributed by atoms with Crippen LogP contribution in [0.3, 0.4) is 0 Å². The molecule has 0 atom stereocenters. The fourth-order valence-corrected chi connectivity index (χ4v) is 2.46.